The number of carboxylic acids is 1. The number of aliphatic hydroxyl groups is 1. The Hall–Kier alpha value is -2.41. The van der Waals surface area contributed by atoms with Gasteiger partial charge in [-0.05, 0) is 31.9 Å². The second kappa shape index (κ2) is 5.66. The minimum Gasteiger partial charge on any atom is -0.477 e. The number of carbonyl (C=O) groups is 1. The van der Waals surface area contributed by atoms with E-state index in [9.17, 15) is 19.1 Å². The smallest absolute Gasteiger partial charge is 0.341 e. The molecule has 0 saturated heterocycles. The first kappa shape index (κ1) is 15.5. The number of nitrogens with zero attached hydrogens (tertiary/aromatic N) is 1. The number of halogens is 1. The van der Waals surface area contributed by atoms with Gasteiger partial charge >= 0.3 is 5.97 Å². The van der Waals surface area contributed by atoms with Crippen LogP contribution in [0, 0.1) is 5.82 Å². The summed E-state index contributed by atoms with van der Waals surface area (Å²) >= 11 is 0. The first-order valence-corrected chi connectivity index (χ1v) is 7.41. The number of anilines is 1. The number of aliphatic hydroxyl groups excluding tert-OH is 1. The van der Waals surface area contributed by atoms with Crippen molar-refractivity contribution in [3.05, 3.63) is 39.9 Å². The van der Waals surface area contributed by atoms with E-state index < -0.39 is 17.2 Å². The Morgan fingerprint density at radius 2 is 2.17 bits per heavy atom. The van der Waals surface area contributed by atoms with Gasteiger partial charge in [-0.15, -0.1) is 0 Å². The lowest BCUT2D eigenvalue weighted by Crippen LogP contribution is -2.22. The number of hydrogen-bond acceptors (Lipinski definition) is 4. The molecule has 1 atom stereocenters. The molecule has 7 heteroatoms. The average molecular weight is 320 g/mol. The van der Waals surface area contributed by atoms with Crippen molar-refractivity contribution in [2.24, 2.45) is 0 Å². The predicted octanol–water partition coefficient (Wildman–Crippen LogP) is 1.97. The van der Waals surface area contributed by atoms with Crippen molar-refractivity contribution in [2.75, 3.05) is 11.9 Å². The van der Waals surface area contributed by atoms with Crippen LogP contribution in [0.25, 0.3) is 10.9 Å². The van der Waals surface area contributed by atoms with Gasteiger partial charge in [-0.25, -0.2) is 9.18 Å². The molecule has 0 amide bonds. The van der Waals surface area contributed by atoms with Crippen LogP contribution < -0.4 is 10.7 Å². The van der Waals surface area contributed by atoms with Crippen molar-refractivity contribution in [1.29, 1.82) is 0 Å². The van der Waals surface area contributed by atoms with E-state index in [0.717, 1.165) is 18.9 Å². The summed E-state index contributed by atoms with van der Waals surface area (Å²) < 4.78 is 16.0. The van der Waals surface area contributed by atoms with Gasteiger partial charge in [-0.3, -0.25) is 4.79 Å². The first-order valence-electron chi connectivity index (χ1n) is 7.41. The normalized spacial score (nSPS) is 15.6. The fourth-order valence-corrected chi connectivity index (χ4v) is 2.60. The topological polar surface area (TPSA) is 91.6 Å². The van der Waals surface area contributed by atoms with E-state index in [2.05, 4.69) is 5.32 Å². The molecule has 23 heavy (non-hydrogen) atoms. The fourth-order valence-electron chi connectivity index (χ4n) is 2.60. The van der Waals surface area contributed by atoms with Crippen LogP contribution in [0.15, 0.2) is 23.1 Å². The maximum atomic E-state index is 14.2. The molecule has 0 aliphatic heterocycles. The summed E-state index contributed by atoms with van der Waals surface area (Å²) in [6.07, 6.45) is 3.12. The zero-order valence-electron chi connectivity index (χ0n) is 12.5. The van der Waals surface area contributed by atoms with Crippen LogP contribution in [0.2, 0.25) is 0 Å². The molecule has 0 bridgehead atoms. The van der Waals surface area contributed by atoms with Crippen LogP contribution in [0.3, 0.4) is 0 Å². The number of aromatic nitrogens is 1. The van der Waals surface area contributed by atoms with Crippen LogP contribution in [0.1, 0.15) is 36.2 Å². The minimum atomic E-state index is -1.32. The molecule has 6 nitrogen and oxygen atoms in total. The Morgan fingerprint density at radius 1 is 1.48 bits per heavy atom. The lowest BCUT2D eigenvalue weighted by molar-refractivity contribution is 0.0695. The number of rotatable bonds is 5. The van der Waals surface area contributed by atoms with Crippen molar-refractivity contribution in [3.63, 3.8) is 0 Å². The van der Waals surface area contributed by atoms with Gasteiger partial charge in [0.05, 0.1) is 17.8 Å². The summed E-state index contributed by atoms with van der Waals surface area (Å²) in [6, 6.07) is 2.35. The van der Waals surface area contributed by atoms with E-state index in [1.807, 2.05) is 0 Å². The monoisotopic (exact) mass is 320 g/mol. The van der Waals surface area contributed by atoms with Crippen LogP contribution in [0.5, 0.6) is 0 Å². The van der Waals surface area contributed by atoms with Crippen molar-refractivity contribution >= 4 is 22.6 Å². The quantitative estimate of drug-likeness (QED) is 0.783. The van der Waals surface area contributed by atoms with Crippen molar-refractivity contribution in [1.82, 2.24) is 4.57 Å². The molecule has 1 saturated carbocycles. The third kappa shape index (κ3) is 2.79. The first-order chi connectivity index (χ1) is 10.9. The fraction of sp³-hybridized carbons (Fsp3) is 0.375. The maximum absolute atomic E-state index is 14.2. The molecule has 1 aliphatic rings. The van der Waals surface area contributed by atoms with Gasteiger partial charge < -0.3 is 20.1 Å². The summed E-state index contributed by atoms with van der Waals surface area (Å²) in [4.78, 5) is 23.5. The van der Waals surface area contributed by atoms with Crippen molar-refractivity contribution in [2.45, 2.75) is 31.8 Å². The molecule has 1 heterocycles. The highest BCUT2D eigenvalue weighted by molar-refractivity contribution is 5.93. The standard InChI is InChI=1S/C16H17FN2O4/c1-8(7-20)18-13-5-14-10(4-12(13)17)15(21)11(16(22)23)6-19(14)9-2-3-9/h4-6,8-9,18,20H,2-3,7H2,1H3,(H,22,23). The van der Waals surface area contributed by atoms with Gasteiger partial charge in [-0.2, -0.15) is 0 Å². The Labute approximate surface area is 131 Å². The number of nitrogens with one attached hydrogen (secondary N) is 1. The number of pyridine rings is 1. The number of aromatic carboxylic acids is 1. The number of benzene rings is 1. The lowest BCUT2D eigenvalue weighted by atomic mass is 10.1. The lowest BCUT2D eigenvalue weighted by Gasteiger charge is -2.16. The van der Waals surface area contributed by atoms with Gasteiger partial charge in [0.1, 0.15) is 11.4 Å². The molecular weight excluding hydrogens is 303 g/mol. The summed E-state index contributed by atoms with van der Waals surface area (Å²) in [5.74, 6) is -1.97. The van der Waals surface area contributed by atoms with Crippen molar-refractivity contribution in [3.8, 4) is 0 Å². The zero-order chi connectivity index (χ0) is 16.7. The molecule has 122 valence electrons. The predicted molar refractivity (Wildman–Crippen MR) is 83.6 cm³/mol. The molecule has 0 radical (unpaired) electrons. The highest BCUT2D eigenvalue weighted by atomic mass is 19.1. The second-order valence-electron chi connectivity index (χ2n) is 5.89. The van der Waals surface area contributed by atoms with E-state index >= 15 is 0 Å². The molecule has 1 fully saturated rings. The molecule has 1 aromatic heterocycles. The Bertz CT molecular complexity index is 842. The Kier molecular flexibility index (Phi) is 3.81. The highest BCUT2D eigenvalue weighted by Crippen LogP contribution is 2.37. The van der Waals surface area contributed by atoms with E-state index in [-0.39, 0.29) is 35.3 Å². The van der Waals surface area contributed by atoms with Crippen LogP contribution in [-0.4, -0.2) is 33.4 Å². The summed E-state index contributed by atoms with van der Waals surface area (Å²) in [7, 11) is 0. The number of carboxylic acid groups (broad SMARTS) is 1. The molecule has 1 aliphatic carbocycles. The van der Waals surface area contributed by atoms with Crippen LogP contribution in [-0.2, 0) is 0 Å². The summed E-state index contributed by atoms with van der Waals surface area (Å²) in [5.41, 5.74) is -0.370. The Morgan fingerprint density at radius 3 is 2.74 bits per heavy atom. The van der Waals surface area contributed by atoms with E-state index in [1.165, 1.54) is 12.3 Å². The van der Waals surface area contributed by atoms with Gasteiger partial charge in [0.2, 0.25) is 5.43 Å². The van der Waals surface area contributed by atoms with Gasteiger partial charge in [0, 0.05) is 23.7 Å². The maximum Gasteiger partial charge on any atom is 0.341 e. The third-order valence-electron chi connectivity index (χ3n) is 3.97. The second-order valence-corrected chi connectivity index (χ2v) is 5.89. The minimum absolute atomic E-state index is 0.0523. The summed E-state index contributed by atoms with van der Waals surface area (Å²) in [5, 5.41) is 21.2. The molecule has 3 N–H and O–H groups in total. The van der Waals surface area contributed by atoms with Gasteiger partial charge in [0.15, 0.2) is 0 Å². The summed E-state index contributed by atoms with van der Waals surface area (Å²) in [6.45, 7) is 1.54. The molecule has 1 unspecified atom stereocenters. The van der Waals surface area contributed by atoms with Gasteiger partial charge in [0.25, 0.3) is 0 Å². The van der Waals surface area contributed by atoms with E-state index in [1.54, 1.807) is 11.5 Å². The van der Waals surface area contributed by atoms with Gasteiger partial charge in [-0.1, -0.05) is 0 Å². The zero-order valence-corrected chi connectivity index (χ0v) is 12.5. The molecule has 2 aromatic rings. The highest BCUT2D eigenvalue weighted by Gasteiger charge is 2.27. The molecule has 1 aromatic carbocycles. The Balaban J connectivity index is 2.25. The molecule has 3 rings (SSSR count). The SMILES string of the molecule is CC(CO)Nc1cc2c(cc1F)c(=O)c(C(=O)O)cn2C1CC1. The number of fused-ring (bicyclic) bond motifs is 1. The average Bonchev–Trinajstić information content (AvgIpc) is 3.33. The largest absolute Gasteiger partial charge is 0.477 e. The van der Waals surface area contributed by atoms with Crippen LogP contribution >= 0.6 is 0 Å². The van der Waals surface area contributed by atoms with E-state index in [0.29, 0.717) is 5.52 Å². The third-order valence-corrected chi connectivity index (χ3v) is 3.97. The molecular formula is C16H17FN2O4. The number of hydrogen-bond donors (Lipinski definition) is 3. The van der Waals surface area contributed by atoms with Crippen LogP contribution in [0.4, 0.5) is 10.1 Å². The molecule has 0 spiro atoms. The van der Waals surface area contributed by atoms with Crippen molar-refractivity contribution < 1.29 is 19.4 Å². The van der Waals surface area contributed by atoms with E-state index in [4.69, 9.17) is 5.11 Å².